The maximum absolute atomic E-state index is 5.76. The van der Waals surface area contributed by atoms with Crippen LogP contribution in [0.3, 0.4) is 0 Å². The van der Waals surface area contributed by atoms with E-state index >= 15 is 0 Å². The zero-order valence-electron chi connectivity index (χ0n) is 9.05. The van der Waals surface area contributed by atoms with Crippen LogP contribution in [0.2, 0.25) is 5.28 Å². The Labute approximate surface area is 98.3 Å². The van der Waals surface area contributed by atoms with Crippen molar-refractivity contribution in [3.63, 3.8) is 0 Å². The fraction of sp³-hybridized carbons (Fsp3) is 0.300. The van der Waals surface area contributed by atoms with Gasteiger partial charge in [0.15, 0.2) is 5.82 Å². The Bertz CT molecular complexity index is 506. The molecule has 84 valence electrons. The van der Waals surface area contributed by atoms with Crippen molar-refractivity contribution >= 4 is 17.3 Å². The normalized spacial score (nSPS) is 11.0. The van der Waals surface area contributed by atoms with E-state index < -0.39 is 0 Å². The van der Waals surface area contributed by atoms with Crippen molar-refractivity contribution < 1.29 is 0 Å². The van der Waals surface area contributed by atoms with Crippen molar-refractivity contribution in [1.29, 1.82) is 0 Å². The number of nitrogen functional groups attached to an aromatic ring is 1. The number of halogens is 1. The molecule has 0 spiro atoms. The summed E-state index contributed by atoms with van der Waals surface area (Å²) in [4.78, 5) is 7.84. The number of anilines is 1. The average molecular weight is 238 g/mol. The van der Waals surface area contributed by atoms with E-state index in [0.717, 1.165) is 5.69 Å². The van der Waals surface area contributed by atoms with Crippen molar-refractivity contribution in [1.82, 2.24) is 19.7 Å². The van der Waals surface area contributed by atoms with E-state index in [0.29, 0.717) is 17.4 Å². The van der Waals surface area contributed by atoms with Crippen LogP contribution >= 0.6 is 11.6 Å². The molecule has 0 aliphatic carbocycles. The van der Waals surface area contributed by atoms with Gasteiger partial charge in [-0.2, -0.15) is 10.1 Å². The Balaban J connectivity index is 2.46. The SMILES string of the molecule is CC(C)c1ccn(-c2nc(Cl)ncc2N)n1. The average Bonchev–Trinajstić information content (AvgIpc) is 2.70. The van der Waals surface area contributed by atoms with E-state index in [1.165, 1.54) is 6.20 Å². The van der Waals surface area contributed by atoms with Crippen LogP contribution in [0.5, 0.6) is 0 Å². The molecule has 5 nitrogen and oxygen atoms in total. The number of hydrogen-bond donors (Lipinski definition) is 1. The minimum atomic E-state index is 0.158. The molecule has 0 radical (unpaired) electrons. The third kappa shape index (κ3) is 1.99. The maximum atomic E-state index is 5.76. The van der Waals surface area contributed by atoms with Crippen molar-refractivity contribution in [2.45, 2.75) is 19.8 Å². The number of hydrogen-bond acceptors (Lipinski definition) is 4. The summed E-state index contributed by atoms with van der Waals surface area (Å²) in [5.74, 6) is 0.867. The predicted molar refractivity (Wildman–Crippen MR) is 62.7 cm³/mol. The lowest BCUT2D eigenvalue weighted by atomic mass is 10.1. The quantitative estimate of drug-likeness (QED) is 0.812. The summed E-state index contributed by atoms with van der Waals surface area (Å²) >= 11 is 5.72. The molecular formula is C10H12ClN5. The number of rotatable bonds is 2. The second-order valence-electron chi connectivity index (χ2n) is 3.76. The van der Waals surface area contributed by atoms with Gasteiger partial charge < -0.3 is 5.73 Å². The van der Waals surface area contributed by atoms with E-state index in [1.54, 1.807) is 4.68 Å². The van der Waals surface area contributed by atoms with Gasteiger partial charge >= 0.3 is 0 Å². The number of nitrogens with two attached hydrogens (primary N) is 1. The largest absolute Gasteiger partial charge is 0.394 e. The Hall–Kier alpha value is -1.62. The molecule has 2 aromatic heterocycles. The molecule has 0 saturated heterocycles. The Kier molecular flexibility index (Phi) is 2.78. The lowest BCUT2D eigenvalue weighted by molar-refractivity contribution is 0.757. The second-order valence-corrected chi connectivity index (χ2v) is 4.10. The molecule has 2 heterocycles. The summed E-state index contributed by atoms with van der Waals surface area (Å²) in [7, 11) is 0. The van der Waals surface area contributed by atoms with E-state index in [-0.39, 0.29) is 5.28 Å². The van der Waals surface area contributed by atoms with Crippen LogP contribution < -0.4 is 5.73 Å². The van der Waals surface area contributed by atoms with Crippen LogP contribution in [-0.4, -0.2) is 19.7 Å². The summed E-state index contributed by atoms with van der Waals surface area (Å²) in [6.07, 6.45) is 3.28. The number of nitrogens with zero attached hydrogens (tertiary/aromatic N) is 4. The molecule has 2 N–H and O–H groups in total. The van der Waals surface area contributed by atoms with E-state index in [4.69, 9.17) is 17.3 Å². The topological polar surface area (TPSA) is 69.6 Å². The zero-order chi connectivity index (χ0) is 11.7. The van der Waals surface area contributed by atoms with Crippen LogP contribution in [0.15, 0.2) is 18.5 Å². The van der Waals surface area contributed by atoms with Crippen LogP contribution in [0.4, 0.5) is 5.69 Å². The Morgan fingerprint density at radius 2 is 2.19 bits per heavy atom. The third-order valence-electron chi connectivity index (χ3n) is 2.18. The molecule has 0 aromatic carbocycles. The molecule has 0 amide bonds. The summed E-state index contributed by atoms with van der Waals surface area (Å²) < 4.78 is 1.61. The van der Waals surface area contributed by atoms with Gasteiger partial charge in [0, 0.05) is 6.20 Å². The molecule has 0 unspecified atom stereocenters. The van der Waals surface area contributed by atoms with Gasteiger partial charge in [0.05, 0.1) is 17.6 Å². The maximum Gasteiger partial charge on any atom is 0.224 e. The molecule has 16 heavy (non-hydrogen) atoms. The van der Waals surface area contributed by atoms with Gasteiger partial charge in [-0.15, -0.1) is 0 Å². The minimum absolute atomic E-state index is 0.158. The van der Waals surface area contributed by atoms with Gasteiger partial charge in [0.25, 0.3) is 0 Å². The van der Waals surface area contributed by atoms with Crippen LogP contribution in [0, 0.1) is 0 Å². The van der Waals surface area contributed by atoms with Crippen LogP contribution in [0.1, 0.15) is 25.5 Å². The highest BCUT2D eigenvalue weighted by Crippen LogP contribution is 2.17. The van der Waals surface area contributed by atoms with Crippen LogP contribution in [0.25, 0.3) is 5.82 Å². The van der Waals surface area contributed by atoms with Gasteiger partial charge in [-0.1, -0.05) is 13.8 Å². The second kappa shape index (κ2) is 4.09. The van der Waals surface area contributed by atoms with E-state index in [2.05, 4.69) is 28.9 Å². The molecule has 0 saturated carbocycles. The molecule has 2 rings (SSSR count). The van der Waals surface area contributed by atoms with Gasteiger partial charge in [-0.05, 0) is 23.6 Å². The summed E-state index contributed by atoms with van der Waals surface area (Å²) in [5.41, 5.74) is 7.19. The van der Waals surface area contributed by atoms with E-state index in [9.17, 15) is 0 Å². The summed E-state index contributed by atoms with van der Waals surface area (Å²) in [6, 6.07) is 1.93. The van der Waals surface area contributed by atoms with Gasteiger partial charge in [-0.25, -0.2) is 9.67 Å². The smallest absolute Gasteiger partial charge is 0.224 e. The van der Waals surface area contributed by atoms with Crippen molar-refractivity contribution in [2.24, 2.45) is 0 Å². The van der Waals surface area contributed by atoms with Gasteiger partial charge in [-0.3, -0.25) is 0 Å². The van der Waals surface area contributed by atoms with Crippen molar-refractivity contribution in [2.75, 3.05) is 5.73 Å². The first-order valence-corrected chi connectivity index (χ1v) is 5.29. The third-order valence-corrected chi connectivity index (χ3v) is 2.37. The first-order valence-electron chi connectivity index (χ1n) is 4.92. The molecule has 2 aromatic rings. The van der Waals surface area contributed by atoms with Crippen LogP contribution in [-0.2, 0) is 0 Å². The minimum Gasteiger partial charge on any atom is -0.394 e. The first-order chi connectivity index (χ1) is 7.58. The standard InChI is InChI=1S/C10H12ClN5/c1-6(2)8-3-4-16(15-8)9-7(12)5-13-10(11)14-9/h3-6H,12H2,1-2H3. The number of aromatic nitrogens is 4. The first kappa shape index (κ1) is 10.9. The molecule has 0 atom stereocenters. The van der Waals surface area contributed by atoms with Crippen molar-refractivity contribution in [3.05, 3.63) is 29.4 Å². The molecular weight excluding hydrogens is 226 g/mol. The molecule has 0 fully saturated rings. The summed E-state index contributed by atoms with van der Waals surface area (Å²) in [5, 5.41) is 4.53. The fourth-order valence-electron chi connectivity index (χ4n) is 1.31. The lowest BCUT2D eigenvalue weighted by Gasteiger charge is -2.04. The van der Waals surface area contributed by atoms with Gasteiger partial charge in [0.1, 0.15) is 0 Å². The zero-order valence-corrected chi connectivity index (χ0v) is 9.81. The molecule has 6 heteroatoms. The summed E-state index contributed by atoms with van der Waals surface area (Å²) in [6.45, 7) is 4.14. The van der Waals surface area contributed by atoms with Crippen molar-refractivity contribution in [3.8, 4) is 5.82 Å². The lowest BCUT2D eigenvalue weighted by Crippen LogP contribution is -2.05. The molecule has 0 aliphatic heterocycles. The monoisotopic (exact) mass is 237 g/mol. The highest BCUT2D eigenvalue weighted by Gasteiger charge is 2.09. The fourth-order valence-corrected chi connectivity index (χ4v) is 1.44. The Morgan fingerprint density at radius 3 is 2.81 bits per heavy atom. The van der Waals surface area contributed by atoms with Gasteiger partial charge in [0.2, 0.25) is 5.28 Å². The highest BCUT2D eigenvalue weighted by atomic mass is 35.5. The molecule has 0 bridgehead atoms. The van der Waals surface area contributed by atoms with E-state index in [1.807, 2.05) is 12.3 Å². The Morgan fingerprint density at radius 1 is 1.44 bits per heavy atom. The predicted octanol–water partition coefficient (Wildman–Crippen LogP) is 2.02. The highest BCUT2D eigenvalue weighted by molar-refractivity contribution is 6.28. The molecule has 0 aliphatic rings.